The van der Waals surface area contributed by atoms with Gasteiger partial charge in [0.1, 0.15) is 0 Å². The van der Waals surface area contributed by atoms with Crippen molar-refractivity contribution in [3.8, 4) is 0 Å². The minimum Gasteiger partial charge on any atom is -0.341 e. The Kier molecular flexibility index (Phi) is 6.90. The van der Waals surface area contributed by atoms with E-state index in [1.807, 2.05) is 13.1 Å². The molecule has 1 aromatic heterocycles. The third kappa shape index (κ3) is 3.81. The minimum absolute atomic E-state index is 0. The number of halogens is 1. The molecule has 1 amide bonds. The molecule has 2 aromatic rings. The molecule has 0 spiro atoms. The lowest BCUT2D eigenvalue weighted by Gasteiger charge is -2.25. The van der Waals surface area contributed by atoms with Gasteiger partial charge in [0.25, 0.3) is 5.91 Å². The van der Waals surface area contributed by atoms with Crippen LogP contribution in [0.2, 0.25) is 0 Å². The summed E-state index contributed by atoms with van der Waals surface area (Å²) in [6.45, 7) is 8.10. The number of likely N-dealkylation sites (N-methyl/N-ethyl adjacent to an activating group) is 1. The van der Waals surface area contributed by atoms with Crippen molar-refractivity contribution < 1.29 is 4.79 Å². The molecule has 2 unspecified atom stereocenters. The fourth-order valence-electron chi connectivity index (χ4n) is 4.18. The number of benzene rings is 1. The molecule has 4 nitrogen and oxygen atoms in total. The molecule has 3 rings (SSSR count). The molecule has 26 heavy (non-hydrogen) atoms. The largest absolute Gasteiger partial charge is 0.341 e. The second kappa shape index (κ2) is 8.74. The molecule has 1 saturated heterocycles. The lowest BCUT2D eigenvalue weighted by molar-refractivity contribution is 0.0736. The first-order valence-electron chi connectivity index (χ1n) is 9.23. The Bertz CT molecular complexity index is 741. The summed E-state index contributed by atoms with van der Waals surface area (Å²) in [5, 5.41) is 3.22. The van der Waals surface area contributed by atoms with Crippen molar-refractivity contribution in [2.24, 2.45) is 0 Å². The first kappa shape index (κ1) is 20.5. The van der Waals surface area contributed by atoms with Gasteiger partial charge in [0, 0.05) is 30.5 Å². The van der Waals surface area contributed by atoms with Crippen LogP contribution in [0.4, 0.5) is 0 Å². The first-order chi connectivity index (χ1) is 12.0. The Balaban J connectivity index is 0.00000243. The van der Waals surface area contributed by atoms with Gasteiger partial charge < -0.3 is 14.8 Å². The van der Waals surface area contributed by atoms with Crippen LogP contribution in [-0.4, -0.2) is 41.6 Å². The highest BCUT2D eigenvalue weighted by atomic mass is 35.5. The van der Waals surface area contributed by atoms with Gasteiger partial charge in [0.15, 0.2) is 0 Å². The number of nitrogens with one attached hydrogen (secondary N) is 1. The quantitative estimate of drug-likeness (QED) is 0.858. The molecule has 142 valence electrons. The summed E-state index contributed by atoms with van der Waals surface area (Å²) in [4.78, 5) is 15.2. The number of aromatic nitrogens is 1. The van der Waals surface area contributed by atoms with Gasteiger partial charge >= 0.3 is 0 Å². The van der Waals surface area contributed by atoms with Gasteiger partial charge in [-0.25, -0.2) is 0 Å². The summed E-state index contributed by atoms with van der Waals surface area (Å²) in [6, 6.07) is 13.1. The first-order valence-corrected chi connectivity index (χ1v) is 9.23. The van der Waals surface area contributed by atoms with E-state index in [2.05, 4.69) is 65.9 Å². The normalized spacial score (nSPS) is 17.8. The summed E-state index contributed by atoms with van der Waals surface area (Å²) < 4.78 is 2.28. The van der Waals surface area contributed by atoms with Crippen molar-refractivity contribution in [3.63, 3.8) is 0 Å². The van der Waals surface area contributed by atoms with Crippen molar-refractivity contribution in [2.75, 3.05) is 20.1 Å². The van der Waals surface area contributed by atoms with Gasteiger partial charge in [-0.1, -0.05) is 30.3 Å². The molecule has 0 bridgehead atoms. The van der Waals surface area contributed by atoms with Gasteiger partial charge in [-0.15, -0.1) is 12.4 Å². The number of carbonyl (C=O) groups excluding carboxylic acids is 1. The number of amides is 1. The van der Waals surface area contributed by atoms with E-state index in [0.717, 1.165) is 42.9 Å². The predicted molar refractivity (Wildman–Crippen MR) is 109 cm³/mol. The highest BCUT2D eigenvalue weighted by molar-refractivity contribution is 5.96. The summed E-state index contributed by atoms with van der Waals surface area (Å²) in [6.07, 6.45) is 2.18. The van der Waals surface area contributed by atoms with Gasteiger partial charge in [0.2, 0.25) is 0 Å². The Morgan fingerprint density at radius 1 is 1.27 bits per heavy atom. The summed E-state index contributed by atoms with van der Waals surface area (Å²) in [5.41, 5.74) is 4.32. The predicted octanol–water partition coefficient (Wildman–Crippen LogP) is 3.96. The second-order valence-electron chi connectivity index (χ2n) is 7.09. The Morgan fingerprint density at radius 3 is 2.62 bits per heavy atom. The molecule has 1 aliphatic heterocycles. The molecule has 1 N–H and O–H groups in total. The van der Waals surface area contributed by atoms with Crippen LogP contribution in [0.3, 0.4) is 0 Å². The van der Waals surface area contributed by atoms with E-state index < -0.39 is 0 Å². The van der Waals surface area contributed by atoms with Crippen LogP contribution in [-0.2, 0) is 0 Å². The topological polar surface area (TPSA) is 37.3 Å². The van der Waals surface area contributed by atoms with Crippen LogP contribution < -0.4 is 5.32 Å². The van der Waals surface area contributed by atoms with Gasteiger partial charge in [-0.3, -0.25) is 4.79 Å². The van der Waals surface area contributed by atoms with Crippen LogP contribution in [0.1, 0.15) is 53.1 Å². The van der Waals surface area contributed by atoms with Crippen LogP contribution in [0.15, 0.2) is 36.4 Å². The van der Waals surface area contributed by atoms with E-state index in [1.54, 1.807) is 0 Å². The molecule has 5 heteroatoms. The number of hydrogen-bond acceptors (Lipinski definition) is 2. The fourth-order valence-corrected chi connectivity index (χ4v) is 4.18. The zero-order valence-corrected chi connectivity index (χ0v) is 17.0. The van der Waals surface area contributed by atoms with E-state index in [1.165, 1.54) is 5.56 Å². The zero-order chi connectivity index (χ0) is 18.0. The molecular weight excluding hydrogens is 346 g/mol. The maximum atomic E-state index is 13.2. The van der Waals surface area contributed by atoms with Gasteiger partial charge in [0.05, 0.1) is 11.6 Å². The Hall–Kier alpha value is -1.78. The second-order valence-corrected chi connectivity index (χ2v) is 7.09. The molecule has 1 aliphatic rings. The average molecular weight is 376 g/mol. The van der Waals surface area contributed by atoms with E-state index >= 15 is 0 Å². The van der Waals surface area contributed by atoms with Gasteiger partial charge in [-0.2, -0.15) is 0 Å². The molecule has 0 saturated carbocycles. The molecule has 1 aromatic carbocycles. The molecular formula is C21H30ClN3O. The van der Waals surface area contributed by atoms with E-state index in [4.69, 9.17) is 0 Å². The number of nitrogens with zero attached hydrogens (tertiary/aromatic N) is 2. The molecule has 0 aliphatic carbocycles. The maximum absolute atomic E-state index is 13.2. The molecule has 2 heterocycles. The highest BCUT2D eigenvalue weighted by Gasteiger charge is 2.31. The molecule has 2 atom stereocenters. The number of hydrogen-bond donors (Lipinski definition) is 1. The Morgan fingerprint density at radius 2 is 1.96 bits per heavy atom. The average Bonchev–Trinajstić information content (AvgIpc) is 3.19. The van der Waals surface area contributed by atoms with Crippen molar-refractivity contribution in [1.29, 1.82) is 0 Å². The monoisotopic (exact) mass is 375 g/mol. The summed E-state index contributed by atoms with van der Waals surface area (Å²) in [5.74, 6) is 0.178. The lowest BCUT2D eigenvalue weighted by atomic mass is 10.1. The third-order valence-corrected chi connectivity index (χ3v) is 5.46. The van der Waals surface area contributed by atoms with Gasteiger partial charge in [-0.05, 0) is 52.3 Å². The lowest BCUT2D eigenvalue weighted by Crippen LogP contribution is -2.41. The van der Waals surface area contributed by atoms with Crippen LogP contribution in [0.25, 0.3) is 0 Å². The van der Waals surface area contributed by atoms with Crippen LogP contribution in [0.5, 0.6) is 0 Å². The molecule has 0 radical (unpaired) electrons. The van der Waals surface area contributed by atoms with E-state index in [0.29, 0.717) is 6.04 Å². The standard InChI is InChI=1S/C21H29N3O.ClH/c1-15-13-20(21(25)23-12-8-11-19(23)14-22-4)17(3)24(15)16(2)18-9-6-5-7-10-18;/h5-7,9-10,13,16,19,22H,8,11-12,14H2,1-4H3;1H. The SMILES string of the molecule is CNCC1CCCN1C(=O)c1cc(C)n(C(C)c2ccccc2)c1C.Cl. The minimum atomic E-state index is 0. The smallest absolute Gasteiger partial charge is 0.255 e. The number of aryl methyl sites for hydroxylation is 1. The van der Waals surface area contributed by atoms with Crippen molar-refractivity contribution in [2.45, 2.75) is 45.7 Å². The van der Waals surface area contributed by atoms with Crippen molar-refractivity contribution >= 4 is 18.3 Å². The van der Waals surface area contributed by atoms with Crippen molar-refractivity contribution in [3.05, 3.63) is 58.9 Å². The Labute approximate surface area is 163 Å². The maximum Gasteiger partial charge on any atom is 0.255 e. The molecule has 1 fully saturated rings. The highest BCUT2D eigenvalue weighted by Crippen LogP contribution is 2.28. The van der Waals surface area contributed by atoms with Crippen LogP contribution in [0, 0.1) is 13.8 Å². The summed E-state index contributed by atoms with van der Waals surface area (Å²) >= 11 is 0. The summed E-state index contributed by atoms with van der Waals surface area (Å²) in [7, 11) is 1.95. The zero-order valence-electron chi connectivity index (χ0n) is 16.2. The fraction of sp³-hybridized carbons (Fsp3) is 0.476. The van der Waals surface area contributed by atoms with E-state index in [-0.39, 0.29) is 24.4 Å². The number of carbonyl (C=O) groups is 1. The van der Waals surface area contributed by atoms with Crippen LogP contribution >= 0.6 is 12.4 Å². The van der Waals surface area contributed by atoms with E-state index in [9.17, 15) is 4.79 Å². The third-order valence-electron chi connectivity index (χ3n) is 5.46. The van der Waals surface area contributed by atoms with Crippen molar-refractivity contribution in [1.82, 2.24) is 14.8 Å². The number of rotatable bonds is 5. The number of likely N-dealkylation sites (tertiary alicyclic amines) is 1.